The fraction of sp³-hybridized carbons (Fsp3) is 1.00. The van der Waals surface area contributed by atoms with E-state index in [2.05, 4.69) is 0 Å². The predicted molar refractivity (Wildman–Crippen MR) is 54.0 cm³/mol. The van der Waals surface area contributed by atoms with E-state index in [-0.39, 0.29) is 5.54 Å². The molecule has 3 nitrogen and oxygen atoms in total. The summed E-state index contributed by atoms with van der Waals surface area (Å²) in [4.78, 5) is 0. The number of sulfonamides is 1. The van der Waals surface area contributed by atoms with Crippen LogP contribution >= 0.6 is 0 Å². The average molecular weight is 205 g/mol. The Morgan fingerprint density at radius 2 is 1.77 bits per heavy atom. The Morgan fingerprint density at radius 3 is 2.00 bits per heavy atom. The van der Waals surface area contributed by atoms with Gasteiger partial charge in [-0.1, -0.05) is 0 Å². The maximum Gasteiger partial charge on any atom is 0.211 e. The first-order valence-electron chi connectivity index (χ1n) is 4.69. The lowest BCUT2D eigenvalue weighted by Gasteiger charge is -2.33. The van der Waals surface area contributed by atoms with E-state index < -0.39 is 10.0 Å². The summed E-state index contributed by atoms with van der Waals surface area (Å²) in [5.74, 6) is 0.606. The Balaban J connectivity index is 2.75. The van der Waals surface area contributed by atoms with Crippen molar-refractivity contribution in [1.29, 1.82) is 0 Å². The molecule has 4 heteroatoms. The normalized spacial score (nSPS) is 19.5. The Hall–Kier alpha value is -0.0900. The van der Waals surface area contributed by atoms with Gasteiger partial charge in [-0.15, -0.1) is 0 Å². The Kier molecular flexibility index (Phi) is 2.74. The van der Waals surface area contributed by atoms with Gasteiger partial charge in [-0.05, 0) is 39.5 Å². The van der Waals surface area contributed by atoms with Crippen molar-refractivity contribution in [3.8, 4) is 0 Å². The molecule has 0 bridgehead atoms. The highest BCUT2D eigenvalue weighted by molar-refractivity contribution is 7.88. The molecule has 78 valence electrons. The zero-order valence-corrected chi connectivity index (χ0v) is 9.69. The van der Waals surface area contributed by atoms with Crippen molar-refractivity contribution in [3.63, 3.8) is 0 Å². The Labute approximate surface area is 81.2 Å². The smallest absolute Gasteiger partial charge is 0.211 e. The monoisotopic (exact) mass is 205 g/mol. The Bertz CT molecular complexity index is 272. The molecule has 0 aromatic heterocycles. The van der Waals surface area contributed by atoms with Crippen LogP contribution in [0.1, 0.15) is 33.6 Å². The van der Waals surface area contributed by atoms with Gasteiger partial charge in [-0.25, -0.2) is 8.42 Å². The molecular formula is C9H19NO2S. The summed E-state index contributed by atoms with van der Waals surface area (Å²) in [6.45, 7) is 6.52. The van der Waals surface area contributed by atoms with Crippen LogP contribution in [0.15, 0.2) is 0 Å². The number of hydrogen-bond acceptors (Lipinski definition) is 2. The van der Waals surface area contributed by atoms with Gasteiger partial charge < -0.3 is 0 Å². The van der Waals surface area contributed by atoms with Crippen molar-refractivity contribution in [3.05, 3.63) is 0 Å². The second-order valence-electron chi connectivity index (χ2n) is 4.91. The molecule has 1 aliphatic rings. The molecule has 0 saturated heterocycles. The molecule has 0 aliphatic heterocycles. The van der Waals surface area contributed by atoms with Crippen LogP contribution in [-0.4, -0.2) is 31.1 Å². The third-order valence-electron chi connectivity index (χ3n) is 2.27. The standard InChI is InChI=1S/C9H19NO2S/c1-9(2,3)10(13(4,11)12)7-8-5-6-8/h8H,5-7H2,1-4H3. The van der Waals surface area contributed by atoms with E-state index in [1.54, 1.807) is 4.31 Å². The van der Waals surface area contributed by atoms with Crippen molar-refractivity contribution in [1.82, 2.24) is 4.31 Å². The fourth-order valence-electron chi connectivity index (χ4n) is 1.44. The van der Waals surface area contributed by atoms with Crippen molar-refractivity contribution in [2.24, 2.45) is 5.92 Å². The SMILES string of the molecule is CC(C)(C)N(CC1CC1)S(C)(=O)=O. The van der Waals surface area contributed by atoms with Gasteiger partial charge >= 0.3 is 0 Å². The number of hydrogen-bond donors (Lipinski definition) is 0. The predicted octanol–water partition coefficient (Wildman–Crippen LogP) is 1.46. The van der Waals surface area contributed by atoms with E-state index in [9.17, 15) is 8.42 Å². The molecule has 0 N–H and O–H groups in total. The van der Waals surface area contributed by atoms with Gasteiger partial charge in [-0.3, -0.25) is 0 Å². The van der Waals surface area contributed by atoms with Crippen LogP contribution in [0.2, 0.25) is 0 Å². The third-order valence-corrected chi connectivity index (χ3v) is 3.77. The molecular weight excluding hydrogens is 186 g/mol. The molecule has 0 amide bonds. The highest BCUT2D eigenvalue weighted by Gasteiger charge is 2.34. The summed E-state index contributed by atoms with van der Waals surface area (Å²) in [7, 11) is -3.04. The van der Waals surface area contributed by atoms with E-state index in [4.69, 9.17) is 0 Å². The fourth-order valence-corrected chi connectivity index (χ4v) is 2.92. The average Bonchev–Trinajstić information content (AvgIpc) is 2.58. The lowest BCUT2D eigenvalue weighted by Crippen LogP contribution is -2.46. The topological polar surface area (TPSA) is 37.4 Å². The molecule has 0 spiro atoms. The van der Waals surface area contributed by atoms with Crippen molar-refractivity contribution < 1.29 is 8.42 Å². The molecule has 0 radical (unpaired) electrons. The van der Waals surface area contributed by atoms with Crippen LogP contribution in [-0.2, 0) is 10.0 Å². The Morgan fingerprint density at radius 1 is 1.31 bits per heavy atom. The molecule has 1 saturated carbocycles. The maximum atomic E-state index is 11.5. The van der Waals surface area contributed by atoms with Gasteiger partial charge in [0, 0.05) is 12.1 Å². The minimum Gasteiger partial charge on any atom is -0.212 e. The summed E-state index contributed by atoms with van der Waals surface area (Å²) in [6.07, 6.45) is 3.66. The lowest BCUT2D eigenvalue weighted by molar-refractivity contribution is 0.243. The first kappa shape index (κ1) is 11.0. The van der Waals surface area contributed by atoms with Crippen LogP contribution in [0.4, 0.5) is 0 Å². The van der Waals surface area contributed by atoms with Crippen molar-refractivity contribution in [2.75, 3.05) is 12.8 Å². The summed E-state index contributed by atoms with van der Waals surface area (Å²) in [6, 6.07) is 0. The largest absolute Gasteiger partial charge is 0.212 e. The minimum atomic E-state index is -3.04. The lowest BCUT2D eigenvalue weighted by atomic mass is 10.1. The first-order chi connectivity index (χ1) is 5.71. The molecule has 1 fully saturated rings. The van der Waals surface area contributed by atoms with Crippen LogP contribution in [0.25, 0.3) is 0 Å². The van der Waals surface area contributed by atoms with Crippen LogP contribution in [0, 0.1) is 5.92 Å². The van der Waals surface area contributed by atoms with Gasteiger partial charge in [0.1, 0.15) is 0 Å². The molecule has 13 heavy (non-hydrogen) atoms. The van der Waals surface area contributed by atoms with Crippen molar-refractivity contribution in [2.45, 2.75) is 39.2 Å². The van der Waals surface area contributed by atoms with Crippen LogP contribution < -0.4 is 0 Å². The molecule has 1 rings (SSSR count). The second-order valence-corrected chi connectivity index (χ2v) is 6.82. The molecule has 0 aromatic carbocycles. The van der Waals surface area contributed by atoms with Gasteiger partial charge in [-0.2, -0.15) is 4.31 Å². The van der Waals surface area contributed by atoms with Crippen molar-refractivity contribution >= 4 is 10.0 Å². The minimum absolute atomic E-state index is 0.282. The molecule has 0 heterocycles. The molecule has 0 atom stereocenters. The first-order valence-corrected chi connectivity index (χ1v) is 6.54. The van der Waals surface area contributed by atoms with Gasteiger partial charge in [0.25, 0.3) is 0 Å². The van der Waals surface area contributed by atoms with Gasteiger partial charge in [0.2, 0.25) is 10.0 Å². The zero-order chi connectivity index (χ0) is 10.3. The number of rotatable bonds is 3. The zero-order valence-electron chi connectivity index (χ0n) is 8.87. The van der Waals surface area contributed by atoms with Crippen LogP contribution in [0.5, 0.6) is 0 Å². The van der Waals surface area contributed by atoms with Gasteiger partial charge in [0.05, 0.1) is 6.26 Å². The van der Waals surface area contributed by atoms with E-state index in [1.165, 1.54) is 19.1 Å². The van der Waals surface area contributed by atoms with Gasteiger partial charge in [0.15, 0.2) is 0 Å². The summed E-state index contributed by atoms with van der Waals surface area (Å²) in [5, 5.41) is 0. The third kappa shape index (κ3) is 3.27. The van der Waals surface area contributed by atoms with E-state index >= 15 is 0 Å². The molecule has 0 unspecified atom stereocenters. The summed E-state index contributed by atoms with van der Waals surface area (Å²) >= 11 is 0. The highest BCUT2D eigenvalue weighted by Crippen LogP contribution is 2.32. The maximum absolute atomic E-state index is 11.5. The van der Waals surface area contributed by atoms with E-state index in [0.717, 1.165) is 0 Å². The highest BCUT2D eigenvalue weighted by atomic mass is 32.2. The number of nitrogens with zero attached hydrogens (tertiary/aromatic N) is 1. The van der Waals surface area contributed by atoms with E-state index in [1.807, 2.05) is 20.8 Å². The second kappa shape index (κ2) is 3.24. The van der Waals surface area contributed by atoms with E-state index in [0.29, 0.717) is 12.5 Å². The quantitative estimate of drug-likeness (QED) is 0.699. The summed E-state index contributed by atoms with van der Waals surface area (Å²) in [5.41, 5.74) is -0.282. The molecule has 1 aliphatic carbocycles. The molecule has 0 aromatic rings. The van der Waals surface area contributed by atoms with Crippen LogP contribution in [0.3, 0.4) is 0 Å². The summed E-state index contributed by atoms with van der Waals surface area (Å²) < 4.78 is 24.5.